The first kappa shape index (κ1) is 22.0. The molecule has 0 bridgehead atoms. The van der Waals surface area contributed by atoms with Crippen molar-refractivity contribution in [2.75, 3.05) is 4.72 Å². The topological polar surface area (TPSA) is 64.0 Å². The molecular weight excluding hydrogens is 477 g/mol. The number of rotatable bonds is 5. The second kappa shape index (κ2) is 8.36. The van der Waals surface area contributed by atoms with Gasteiger partial charge in [-0.2, -0.15) is 0 Å². The highest BCUT2D eigenvalue weighted by Crippen LogP contribution is 2.35. The van der Waals surface area contributed by atoms with Gasteiger partial charge in [-0.05, 0) is 48.7 Å². The number of halogens is 3. The van der Waals surface area contributed by atoms with Gasteiger partial charge in [0.1, 0.15) is 10.4 Å². The summed E-state index contributed by atoms with van der Waals surface area (Å²) in [5.74, 6) is 0. The molecule has 31 heavy (non-hydrogen) atoms. The number of sulfonamides is 1. The lowest BCUT2D eigenvalue weighted by molar-refractivity contribution is 0.601. The van der Waals surface area contributed by atoms with E-state index in [2.05, 4.69) is 9.71 Å². The zero-order valence-electron chi connectivity index (χ0n) is 16.7. The van der Waals surface area contributed by atoms with Crippen LogP contribution in [0.3, 0.4) is 0 Å². The normalized spacial score (nSPS) is 11.8. The molecule has 0 amide bonds. The highest BCUT2D eigenvalue weighted by molar-refractivity contribution is 7.92. The number of fused-ring (bicyclic) bond motifs is 1. The first-order valence-electron chi connectivity index (χ1n) is 9.33. The second-order valence-electron chi connectivity index (χ2n) is 7.22. The fourth-order valence-electron chi connectivity index (χ4n) is 3.35. The van der Waals surface area contributed by atoms with Crippen molar-refractivity contribution in [3.05, 3.63) is 86.6 Å². The van der Waals surface area contributed by atoms with Crippen molar-refractivity contribution < 1.29 is 8.42 Å². The van der Waals surface area contributed by atoms with Gasteiger partial charge in [-0.1, -0.05) is 65.1 Å². The molecule has 1 heterocycles. The van der Waals surface area contributed by atoms with E-state index < -0.39 is 10.0 Å². The third-order valence-electron chi connectivity index (χ3n) is 5.13. The summed E-state index contributed by atoms with van der Waals surface area (Å²) in [6.07, 6.45) is 1.71. The fourth-order valence-corrected chi connectivity index (χ4v) is 5.49. The maximum atomic E-state index is 13.2. The van der Waals surface area contributed by atoms with E-state index in [0.717, 1.165) is 22.2 Å². The van der Waals surface area contributed by atoms with Crippen LogP contribution in [0.5, 0.6) is 0 Å². The van der Waals surface area contributed by atoms with Crippen molar-refractivity contribution in [3.8, 4) is 0 Å². The molecular formula is C22H18Cl3N3O2S. The zero-order chi connectivity index (χ0) is 22.3. The van der Waals surface area contributed by atoms with Gasteiger partial charge in [-0.15, -0.1) is 0 Å². The molecule has 1 aromatic heterocycles. The molecule has 0 aliphatic rings. The van der Waals surface area contributed by atoms with Crippen LogP contribution in [-0.2, 0) is 16.6 Å². The molecule has 5 nitrogen and oxygen atoms in total. The Balaban J connectivity index is 1.81. The lowest BCUT2D eigenvalue weighted by Crippen LogP contribution is -2.15. The van der Waals surface area contributed by atoms with Crippen LogP contribution in [0.2, 0.25) is 15.1 Å². The number of anilines is 1. The molecule has 3 aromatic carbocycles. The average molecular weight is 495 g/mol. The van der Waals surface area contributed by atoms with Crippen molar-refractivity contribution in [1.82, 2.24) is 9.55 Å². The van der Waals surface area contributed by atoms with Gasteiger partial charge in [-0.25, -0.2) is 13.4 Å². The Bertz CT molecular complexity index is 1400. The number of hydrogen-bond acceptors (Lipinski definition) is 3. The molecule has 1 N–H and O–H groups in total. The zero-order valence-corrected chi connectivity index (χ0v) is 19.7. The predicted molar refractivity (Wildman–Crippen MR) is 127 cm³/mol. The summed E-state index contributed by atoms with van der Waals surface area (Å²) in [7, 11) is -4.04. The van der Waals surface area contributed by atoms with E-state index in [-0.39, 0.29) is 20.0 Å². The molecule has 0 aliphatic heterocycles. The number of nitrogens with zero attached hydrogens (tertiary/aromatic N) is 2. The smallest absolute Gasteiger partial charge is 0.263 e. The van der Waals surface area contributed by atoms with Crippen molar-refractivity contribution in [2.24, 2.45) is 0 Å². The van der Waals surface area contributed by atoms with Crippen LogP contribution in [0, 0.1) is 13.8 Å². The highest BCUT2D eigenvalue weighted by Gasteiger charge is 2.23. The summed E-state index contributed by atoms with van der Waals surface area (Å²) in [5.41, 5.74) is 4.61. The summed E-state index contributed by atoms with van der Waals surface area (Å²) in [6.45, 7) is 4.39. The average Bonchev–Trinajstić information content (AvgIpc) is 3.11. The molecule has 0 saturated carbocycles. The maximum Gasteiger partial charge on any atom is 0.263 e. The second-order valence-corrected chi connectivity index (χ2v) is 10.1. The van der Waals surface area contributed by atoms with Crippen molar-refractivity contribution in [2.45, 2.75) is 25.3 Å². The van der Waals surface area contributed by atoms with Crippen molar-refractivity contribution in [3.63, 3.8) is 0 Å². The van der Waals surface area contributed by atoms with E-state index in [1.165, 1.54) is 12.1 Å². The van der Waals surface area contributed by atoms with Crippen LogP contribution < -0.4 is 4.72 Å². The standard InChI is InChI=1S/C22H18Cl3N3O2S/c1-13-8-19-22(26-12-28(19)11-15-6-4-3-5-7-15)21(14(13)2)27-31(29,30)20-10-17(24)16(23)9-18(20)25/h3-10,12,27H,11H2,1-2H3. The predicted octanol–water partition coefficient (Wildman–Crippen LogP) is 6.46. The molecule has 0 aliphatic carbocycles. The van der Waals surface area contributed by atoms with Gasteiger partial charge in [0.05, 0.1) is 32.6 Å². The van der Waals surface area contributed by atoms with Crippen LogP contribution in [0.1, 0.15) is 16.7 Å². The molecule has 160 valence electrons. The quantitative estimate of drug-likeness (QED) is 0.324. The third-order valence-corrected chi connectivity index (χ3v) is 7.67. The number of aromatic nitrogens is 2. The Morgan fingerprint density at radius 1 is 0.968 bits per heavy atom. The molecule has 4 aromatic rings. The highest BCUT2D eigenvalue weighted by atomic mass is 35.5. The van der Waals surface area contributed by atoms with E-state index in [0.29, 0.717) is 17.7 Å². The van der Waals surface area contributed by atoms with Gasteiger partial charge in [0.15, 0.2) is 0 Å². The maximum absolute atomic E-state index is 13.2. The van der Waals surface area contributed by atoms with E-state index in [4.69, 9.17) is 34.8 Å². The number of benzene rings is 3. The van der Waals surface area contributed by atoms with E-state index in [1.807, 2.05) is 54.8 Å². The van der Waals surface area contributed by atoms with Gasteiger partial charge in [-0.3, -0.25) is 4.72 Å². The SMILES string of the molecule is Cc1cc2c(ncn2Cc2ccccc2)c(NS(=O)(=O)c2cc(Cl)c(Cl)cc2Cl)c1C. The first-order valence-corrected chi connectivity index (χ1v) is 12.0. The van der Waals surface area contributed by atoms with Gasteiger partial charge in [0.2, 0.25) is 0 Å². The van der Waals surface area contributed by atoms with Crippen LogP contribution >= 0.6 is 34.8 Å². The Morgan fingerprint density at radius 3 is 2.35 bits per heavy atom. The Labute approximate surface area is 195 Å². The number of hydrogen-bond donors (Lipinski definition) is 1. The molecule has 4 rings (SSSR count). The van der Waals surface area contributed by atoms with Gasteiger partial charge in [0, 0.05) is 6.54 Å². The number of nitrogens with one attached hydrogen (secondary N) is 1. The summed E-state index contributed by atoms with van der Waals surface area (Å²) in [5, 5.41) is 0.266. The van der Waals surface area contributed by atoms with E-state index in [9.17, 15) is 8.42 Å². The Kier molecular flexibility index (Phi) is 5.92. The summed E-state index contributed by atoms with van der Waals surface area (Å²) in [4.78, 5) is 4.35. The first-order chi connectivity index (χ1) is 14.7. The molecule has 0 saturated heterocycles. The summed E-state index contributed by atoms with van der Waals surface area (Å²) >= 11 is 18.1. The van der Waals surface area contributed by atoms with E-state index >= 15 is 0 Å². The monoisotopic (exact) mass is 493 g/mol. The minimum atomic E-state index is -4.04. The van der Waals surface area contributed by atoms with Gasteiger partial charge >= 0.3 is 0 Å². The van der Waals surface area contributed by atoms with Crippen LogP contribution in [0.4, 0.5) is 5.69 Å². The Hall–Kier alpha value is -2.25. The minimum Gasteiger partial charge on any atom is -0.326 e. The minimum absolute atomic E-state index is 0.0157. The van der Waals surface area contributed by atoms with Crippen molar-refractivity contribution in [1.29, 1.82) is 0 Å². The van der Waals surface area contributed by atoms with Crippen LogP contribution in [-0.4, -0.2) is 18.0 Å². The lowest BCUT2D eigenvalue weighted by atomic mass is 10.1. The van der Waals surface area contributed by atoms with Crippen molar-refractivity contribution >= 4 is 61.5 Å². The molecule has 0 radical (unpaired) electrons. The van der Waals surface area contributed by atoms with Crippen LogP contribution in [0.25, 0.3) is 11.0 Å². The van der Waals surface area contributed by atoms with E-state index in [1.54, 1.807) is 6.33 Å². The fraction of sp³-hybridized carbons (Fsp3) is 0.136. The molecule has 0 fully saturated rings. The molecule has 0 unspecified atom stereocenters. The number of imidazole rings is 1. The summed E-state index contributed by atoms with van der Waals surface area (Å²) < 4.78 is 31.0. The number of aryl methyl sites for hydroxylation is 1. The van der Waals surface area contributed by atoms with Crippen LogP contribution in [0.15, 0.2) is 59.8 Å². The van der Waals surface area contributed by atoms with Gasteiger partial charge < -0.3 is 4.57 Å². The largest absolute Gasteiger partial charge is 0.326 e. The molecule has 0 atom stereocenters. The molecule has 9 heteroatoms. The van der Waals surface area contributed by atoms with Gasteiger partial charge in [0.25, 0.3) is 10.0 Å². The summed E-state index contributed by atoms with van der Waals surface area (Å²) in [6, 6.07) is 14.5. The third kappa shape index (κ3) is 4.26. The Morgan fingerprint density at radius 2 is 1.65 bits per heavy atom. The molecule has 0 spiro atoms. The lowest BCUT2D eigenvalue weighted by Gasteiger charge is -2.15.